The fraction of sp³-hybridized carbons (Fsp3) is 0.290. The van der Waals surface area contributed by atoms with Crippen molar-refractivity contribution in [3.63, 3.8) is 0 Å². The van der Waals surface area contributed by atoms with Gasteiger partial charge in [-0.05, 0) is 122 Å². The van der Waals surface area contributed by atoms with Gasteiger partial charge in [-0.1, -0.05) is 147 Å². The van der Waals surface area contributed by atoms with Gasteiger partial charge >= 0.3 is 18.2 Å². The molecule has 7 N–H and O–H groups in total. The van der Waals surface area contributed by atoms with E-state index in [1.165, 1.54) is 0 Å². The van der Waals surface area contributed by atoms with Gasteiger partial charge in [0, 0.05) is 35.2 Å². The maximum Gasteiger partial charge on any atom is 0.407 e. The van der Waals surface area contributed by atoms with Crippen molar-refractivity contribution in [2.45, 2.75) is 109 Å². The van der Waals surface area contributed by atoms with Crippen LogP contribution in [0, 0.1) is 6.92 Å². The summed E-state index contributed by atoms with van der Waals surface area (Å²) in [4.78, 5) is 84.3. The number of hydrogen-bond donors (Lipinski definition) is 7. The highest BCUT2D eigenvalue weighted by atomic mass is 16.6. The summed E-state index contributed by atoms with van der Waals surface area (Å²) < 4.78 is 18.5. The number of cyclic esters (lactones) is 1. The van der Waals surface area contributed by atoms with Crippen LogP contribution in [0.1, 0.15) is 102 Å². The minimum absolute atomic E-state index is 0.0475. The largest absolute Gasteiger partial charge is 0.494 e. The molecule has 3 atom stereocenters. The summed E-state index contributed by atoms with van der Waals surface area (Å²) in [6, 6.07) is 50.0. The molecule has 8 aromatic rings. The second-order valence-corrected chi connectivity index (χ2v) is 22.0. The van der Waals surface area contributed by atoms with E-state index in [1.54, 1.807) is 66.1 Å². The molecule has 0 unspecified atom stereocenters. The maximum atomic E-state index is 14.2. The molecule has 2 aliphatic rings. The van der Waals surface area contributed by atoms with Gasteiger partial charge in [0.15, 0.2) is 5.60 Å². The van der Waals surface area contributed by atoms with Gasteiger partial charge in [0.1, 0.15) is 31.0 Å². The van der Waals surface area contributed by atoms with Crippen molar-refractivity contribution in [1.29, 1.82) is 0 Å². The Balaban J connectivity index is 0.732. The van der Waals surface area contributed by atoms with E-state index in [-0.39, 0.29) is 55.7 Å². The lowest BCUT2D eigenvalue weighted by molar-refractivity contribution is -0.172. The van der Waals surface area contributed by atoms with Crippen molar-refractivity contribution in [3.05, 3.63) is 230 Å². The van der Waals surface area contributed by atoms with Gasteiger partial charge in [-0.2, -0.15) is 0 Å². The average Bonchev–Trinajstić information content (AvgIpc) is 2.02. The number of aryl methyl sites for hydroxylation is 2. The van der Waals surface area contributed by atoms with Gasteiger partial charge in [-0.25, -0.2) is 19.4 Å². The van der Waals surface area contributed by atoms with Gasteiger partial charge < -0.3 is 50.3 Å². The molecule has 0 saturated carbocycles. The summed E-state index contributed by atoms with van der Waals surface area (Å²) in [7, 11) is 0. The number of carbonyl (C=O) groups is 5. The van der Waals surface area contributed by atoms with Crippen LogP contribution in [0.15, 0.2) is 169 Å². The highest BCUT2D eigenvalue weighted by Crippen LogP contribution is 2.41. The van der Waals surface area contributed by atoms with E-state index in [2.05, 4.69) is 82.0 Å². The fourth-order valence-corrected chi connectivity index (χ4v) is 11.7. The Morgan fingerprint density at radius 1 is 0.736 bits per heavy atom. The number of esters is 1. The van der Waals surface area contributed by atoms with Crippen molar-refractivity contribution in [3.8, 4) is 17.1 Å². The third-order valence-corrected chi connectivity index (χ3v) is 16.3. The molecule has 10 rings (SSSR count). The van der Waals surface area contributed by atoms with E-state index >= 15 is 0 Å². The van der Waals surface area contributed by atoms with Crippen LogP contribution in [0.4, 0.5) is 15.3 Å². The average molecular weight is 1170 g/mol. The number of anilines is 1. The van der Waals surface area contributed by atoms with Crippen molar-refractivity contribution in [2.75, 3.05) is 25.0 Å². The molecule has 87 heavy (non-hydrogen) atoms. The molecule has 0 radical (unpaired) electrons. The number of carbonyl (C=O) groups excluding carboxylic acids is 4. The monoisotopic (exact) mass is 1170 g/mol. The lowest BCUT2D eigenvalue weighted by Crippen LogP contribution is -2.53. The molecule has 0 fully saturated rings. The number of carboxylic acid groups (broad SMARTS) is 1. The number of benzene rings is 6. The number of ether oxygens (including phenoxy) is 3. The minimum atomic E-state index is -1.91. The number of alkyl carbamates (subject to hydrolysis) is 1. The normalized spacial score (nSPS) is 14.8. The maximum absolute atomic E-state index is 14.2. The molecule has 2 aliphatic heterocycles. The number of unbranched alkanes of at least 4 members (excludes halogenated alkanes) is 1. The molecule has 448 valence electrons. The molecule has 6 aromatic carbocycles. The molecular weight excluding hydrogens is 1100 g/mol. The molecule has 18 nitrogen and oxygen atoms in total. The van der Waals surface area contributed by atoms with Crippen LogP contribution in [-0.2, 0) is 67.6 Å². The van der Waals surface area contributed by atoms with E-state index in [0.717, 1.165) is 44.3 Å². The number of nitrogens with zero attached hydrogens (tertiary/aromatic N) is 2. The second-order valence-electron chi connectivity index (χ2n) is 22.0. The third kappa shape index (κ3) is 13.4. The molecule has 0 spiro atoms. The number of amides is 4. The SMILES string of the molecule is CCc1c2c(nc3ccc(OCCCNC(=O)OCc4ccc(NC(=O)[C@H](CCCCNC(c5ccccc5)(c5ccccc5)c5ccc(C)cc5)NC(=O)[C@H](Cc5ccccc5)NC(=O)O)cc4)cc13)-c1cc3c(c(=O)n1C2)COC(=O)[C@]3(O)CC. The summed E-state index contributed by atoms with van der Waals surface area (Å²) in [6.45, 7) is 6.92. The van der Waals surface area contributed by atoms with Gasteiger partial charge in [0.05, 0.1) is 41.2 Å². The van der Waals surface area contributed by atoms with Crippen LogP contribution < -0.4 is 36.9 Å². The zero-order valence-electron chi connectivity index (χ0n) is 48.9. The first kappa shape index (κ1) is 60.5. The molecule has 4 heterocycles. The number of aromatic nitrogens is 2. The summed E-state index contributed by atoms with van der Waals surface area (Å²) in [5.41, 5.74) is 7.57. The zero-order valence-corrected chi connectivity index (χ0v) is 48.9. The summed E-state index contributed by atoms with van der Waals surface area (Å²) in [5.74, 6) is -1.28. The summed E-state index contributed by atoms with van der Waals surface area (Å²) >= 11 is 0. The van der Waals surface area contributed by atoms with Crippen LogP contribution in [0.5, 0.6) is 5.75 Å². The highest BCUT2D eigenvalue weighted by molar-refractivity contribution is 5.98. The standard InChI is InChI=1S/C69H71N7O11/c1-4-52-53-39-51(33-34-57(53)73-61-54(52)41-76-60(61)40-56-55(64(76)79)43-86-65(80)68(56,84)5-2)85-37-17-35-70-67(83)87-42-46-27-31-50(32-28-46)72-62(77)58(74-63(78)59(75-66(81)82)38-45-18-9-6-10-19-45)24-15-16-36-71-69(47-20-11-7-12-21-47,48-22-13-8-14-23-48)49-29-25-44(3)26-30-49/h6-14,18-23,25-34,39-40,58-59,71,75,84H,4-5,15-17,24,35-38,41-43H2,1-3H3,(H,70,83)(H,72,77)(H,74,78)(H,81,82)/t58-,59-,68-/m0/s1. The zero-order chi connectivity index (χ0) is 61.1. The van der Waals surface area contributed by atoms with E-state index in [9.17, 15) is 39.0 Å². The van der Waals surface area contributed by atoms with Crippen molar-refractivity contribution < 1.29 is 48.4 Å². The minimum Gasteiger partial charge on any atom is -0.494 e. The number of hydrogen-bond acceptors (Lipinski definition) is 12. The van der Waals surface area contributed by atoms with Crippen LogP contribution in [0.3, 0.4) is 0 Å². The number of pyridine rings is 2. The Morgan fingerprint density at radius 3 is 2.08 bits per heavy atom. The topological polar surface area (TPSA) is 249 Å². The van der Waals surface area contributed by atoms with E-state index in [0.29, 0.717) is 79.3 Å². The quantitative estimate of drug-likeness (QED) is 0.0160. The molecular formula is C69H71N7O11. The molecule has 0 saturated heterocycles. The third-order valence-electron chi connectivity index (χ3n) is 16.3. The van der Waals surface area contributed by atoms with E-state index < -0.39 is 53.2 Å². The van der Waals surface area contributed by atoms with E-state index in [1.807, 2.05) is 67.6 Å². The van der Waals surface area contributed by atoms with E-state index in [4.69, 9.17) is 19.2 Å². The number of aliphatic hydroxyl groups is 1. The highest BCUT2D eigenvalue weighted by Gasteiger charge is 2.46. The fourth-order valence-electron chi connectivity index (χ4n) is 11.7. The molecule has 0 bridgehead atoms. The lowest BCUT2D eigenvalue weighted by Gasteiger charge is -2.37. The Hall–Kier alpha value is -9.65. The Labute approximate surface area is 504 Å². The predicted molar refractivity (Wildman–Crippen MR) is 330 cm³/mol. The van der Waals surface area contributed by atoms with Crippen LogP contribution in [-0.4, -0.2) is 81.5 Å². The Morgan fingerprint density at radius 2 is 1.41 bits per heavy atom. The Bertz CT molecular complexity index is 3800. The van der Waals surface area contributed by atoms with Crippen molar-refractivity contribution in [1.82, 2.24) is 30.8 Å². The first-order valence-electron chi connectivity index (χ1n) is 29.5. The van der Waals surface area contributed by atoms with Crippen molar-refractivity contribution in [2.24, 2.45) is 0 Å². The van der Waals surface area contributed by atoms with Gasteiger partial charge in [0.25, 0.3) is 5.56 Å². The molecule has 2 aromatic heterocycles. The molecule has 4 amide bonds. The Kier molecular flexibility index (Phi) is 18.9. The van der Waals surface area contributed by atoms with Crippen LogP contribution >= 0.6 is 0 Å². The summed E-state index contributed by atoms with van der Waals surface area (Å²) in [6.07, 6.45) is 0.649. The van der Waals surface area contributed by atoms with Gasteiger partial charge in [-0.15, -0.1) is 0 Å². The predicted octanol–water partition coefficient (Wildman–Crippen LogP) is 9.70. The van der Waals surface area contributed by atoms with Crippen molar-refractivity contribution >= 4 is 46.6 Å². The second kappa shape index (κ2) is 27.2. The number of nitrogens with one attached hydrogen (secondary N) is 5. The van der Waals surface area contributed by atoms with Gasteiger partial charge in [-0.3, -0.25) is 19.7 Å². The number of fused-ring (bicyclic) bond motifs is 5. The lowest BCUT2D eigenvalue weighted by atomic mass is 9.76. The summed E-state index contributed by atoms with van der Waals surface area (Å²) in [5, 5.41) is 36.7. The first-order valence-corrected chi connectivity index (χ1v) is 29.5. The first-order chi connectivity index (χ1) is 42.2. The van der Waals surface area contributed by atoms with Crippen LogP contribution in [0.2, 0.25) is 0 Å². The number of rotatable bonds is 25. The smallest absolute Gasteiger partial charge is 0.407 e. The molecule has 0 aliphatic carbocycles. The van der Waals surface area contributed by atoms with Gasteiger partial charge in [0.2, 0.25) is 11.8 Å². The molecule has 18 heteroatoms. The van der Waals surface area contributed by atoms with Crippen LogP contribution in [0.25, 0.3) is 22.3 Å².